The molecule has 32 heavy (non-hydrogen) atoms. The van der Waals surface area contributed by atoms with Crippen molar-refractivity contribution < 1.29 is 29.4 Å². The Morgan fingerprint density at radius 1 is 0.938 bits per heavy atom. The summed E-state index contributed by atoms with van der Waals surface area (Å²) in [6, 6.07) is -4.72. The summed E-state index contributed by atoms with van der Waals surface area (Å²) in [7, 11) is 0. The fourth-order valence-electron chi connectivity index (χ4n) is 2.68. The molecule has 0 bridgehead atoms. The Hall–Kier alpha value is -3.78. The Bertz CT molecular complexity index is 901. The molecule has 2 heterocycles. The highest BCUT2D eigenvalue weighted by molar-refractivity contribution is 5.94. The van der Waals surface area contributed by atoms with Gasteiger partial charge in [0.25, 0.3) is 0 Å². The lowest BCUT2D eigenvalue weighted by atomic mass is 10.1. The molecular formula is C18H26N8O6. The zero-order valence-electron chi connectivity index (χ0n) is 17.2. The Kier molecular flexibility index (Phi) is 8.85. The normalized spacial score (nSPS) is 14.6. The smallest absolute Gasteiger partial charge is 0.326 e. The van der Waals surface area contributed by atoms with Gasteiger partial charge in [0.2, 0.25) is 17.7 Å². The number of aliphatic hydroxyl groups excluding tert-OH is 1. The molecule has 4 unspecified atom stereocenters. The van der Waals surface area contributed by atoms with Crippen LogP contribution in [-0.2, 0) is 32.0 Å². The lowest BCUT2D eigenvalue weighted by molar-refractivity contribution is -0.142. The lowest BCUT2D eigenvalue weighted by Crippen LogP contribution is -2.57. The van der Waals surface area contributed by atoms with Crippen molar-refractivity contribution in [3.8, 4) is 0 Å². The minimum absolute atomic E-state index is 0.00914. The van der Waals surface area contributed by atoms with Crippen LogP contribution in [0.25, 0.3) is 0 Å². The summed E-state index contributed by atoms with van der Waals surface area (Å²) in [6.07, 6.45) is 5.62. The maximum absolute atomic E-state index is 12.9. The highest BCUT2D eigenvalue weighted by Crippen LogP contribution is 2.04. The van der Waals surface area contributed by atoms with Crippen LogP contribution in [0.4, 0.5) is 0 Å². The summed E-state index contributed by atoms with van der Waals surface area (Å²) in [5.74, 6) is -3.46. The summed E-state index contributed by atoms with van der Waals surface area (Å²) in [5.41, 5.74) is 6.43. The van der Waals surface area contributed by atoms with Gasteiger partial charge in [-0.2, -0.15) is 0 Å². The van der Waals surface area contributed by atoms with Crippen molar-refractivity contribution in [3.63, 3.8) is 0 Å². The maximum atomic E-state index is 12.9. The highest BCUT2D eigenvalue weighted by Gasteiger charge is 2.29. The molecule has 14 nitrogen and oxygen atoms in total. The number of carbonyl (C=O) groups excluding carboxylic acids is 3. The summed E-state index contributed by atoms with van der Waals surface area (Å²) >= 11 is 0. The second-order valence-electron chi connectivity index (χ2n) is 7.04. The van der Waals surface area contributed by atoms with E-state index in [-0.39, 0.29) is 12.8 Å². The molecule has 2 aromatic heterocycles. The minimum Gasteiger partial charge on any atom is -0.480 e. The van der Waals surface area contributed by atoms with E-state index in [0.717, 1.165) is 0 Å². The highest BCUT2D eigenvalue weighted by atomic mass is 16.4. The number of carboxylic acids is 1. The second-order valence-corrected chi connectivity index (χ2v) is 7.04. The first-order valence-corrected chi connectivity index (χ1v) is 9.66. The SMILES string of the molecule is CC(NC(=O)C(N)CO)C(=O)NC(Cc1cnc[nH]1)C(=O)NC(Cc1cnc[nH]1)C(=O)O. The second kappa shape index (κ2) is 11.6. The molecular weight excluding hydrogens is 424 g/mol. The van der Waals surface area contributed by atoms with E-state index in [4.69, 9.17) is 10.8 Å². The molecule has 0 saturated carbocycles. The average Bonchev–Trinajstić information content (AvgIpc) is 3.45. The van der Waals surface area contributed by atoms with Crippen LogP contribution in [0.3, 0.4) is 0 Å². The first-order valence-electron chi connectivity index (χ1n) is 9.66. The van der Waals surface area contributed by atoms with Crippen LogP contribution in [-0.4, -0.2) is 84.6 Å². The van der Waals surface area contributed by atoms with Crippen LogP contribution < -0.4 is 21.7 Å². The molecule has 9 N–H and O–H groups in total. The Labute approximate surface area is 182 Å². The largest absolute Gasteiger partial charge is 0.480 e. The number of carbonyl (C=O) groups is 4. The molecule has 3 amide bonds. The number of H-pyrrole nitrogens is 2. The molecule has 0 aromatic carbocycles. The summed E-state index contributed by atoms with van der Waals surface area (Å²) in [6.45, 7) is 0.777. The number of nitrogens with one attached hydrogen (secondary N) is 5. The van der Waals surface area contributed by atoms with E-state index in [1.54, 1.807) is 0 Å². The first-order chi connectivity index (χ1) is 15.2. The number of aliphatic carboxylic acids is 1. The topological polar surface area (TPSA) is 228 Å². The third-order valence-corrected chi connectivity index (χ3v) is 4.49. The number of hydrogen-bond donors (Lipinski definition) is 8. The molecule has 0 saturated heterocycles. The van der Waals surface area contributed by atoms with Crippen LogP contribution in [0.15, 0.2) is 25.0 Å². The fraction of sp³-hybridized carbons (Fsp3) is 0.444. The van der Waals surface area contributed by atoms with Gasteiger partial charge in [0.1, 0.15) is 24.2 Å². The summed E-state index contributed by atoms with van der Waals surface area (Å²) in [5, 5.41) is 25.6. The van der Waals surface area contributed by atoms with Crippen LogP contribution >= 0.6 is 0 Å². The van der Waals surface area contributed by atoms with E-state index >= 15 is 0 Å². The van der Waals surface area contributed by atoms with Crippen LogP contribution in [0.1, 0.15) is 18.3 Å². The number of aromatic amines is 2. The number of hydrogen-bond acceptors (Lipinski definition) is 8. The van der Waals surface area contributed by atoms with Crippen molar-refractivity contribution in [1.29, 1.82) is 0 Å². The van der Waals surface area contributed by atoms with E-state index in [2.05, 4.69) is 35.9 Å². The Balaban J connectivity index is 2.09. The van der Waals surface area contributed by atoms with Gasteiger partial charge in [-0.25, -0.2) is 14.8 Å². The predicted octanol–water partition coefficient (Wildman–Crippen LogP) is -3.20. The Morgan fingerprint density at radius 3 is 1.94 bits per heavy atom. The average molecular weight is 450 g/mol. The zero-order valence-corrected chi connectivity index (χ0v) is 17.2. The van der Waals surface area contributed by atoms with Gasteiger partial charge in [0.05, 0.1) is 19.3 Å². The number of nitrogens with two attached hydrogens (primary N) is 1. The van der Waals surface area contributed by atoms with Gasteiger partial charge in [-0.1, -0.05) is 0 Å². The van der Waals surface area contributed by atoms with Gasteiger partial charge in [0.15, 0.2) is 0 Å². The lowest BCUT2D eigenvalue weighted by Gasteiger charge is -2.23. The van der Waals surface area contributed by atoms with Crippen LogP contribution in [0, 0.1) is 0 Å². The number of nitrogens with zero attached hydrogens (tertiary/aromatic N) is 2. The van der Waals surface area contributed by atoms with Crippen molar-refractivity contribution in [1.82, 2.24) is 35.9 Å². The number of carboxylic acid groups (broad SMARTS) is 1. The standard InChI is InChI=1S/C18H26N8O6/c1-9(24-16(29)12(19)6-27)15(28)25-13(2-10-4-20-7-22-10)17(30)26-14(18(31)32)3-11-5-21-8-23-11/h4-5,7-9,12-14,27H,2-3,6,19H2,1H3,(H,20,22)(H,21,23)(H,24,29)(H,25,28)(H,26,30)(H,31,32). The molecule has 174 valence electrons. The molecule has 14 heteroatoms. The third-order valence-electron chi connectivity index (χ3n) is 4.49. The summed E-state index contributed by atoms with van der Waals surface area (Å²) in [4.78, 5) is 62.0. The number of imidazole rings is 2. The van der Waals surface area contributed by atoms with Crippen molar-refractivity contribution in [2.75, 3.05) is 6.61 Å². The fourth-order valence-corrected chi connectivity index (χ4v) is 2.68. The van der Waals surface area contributed by atoms with E-state index < -0.39 is 54.5 Å². The van der Waals surface area contributed by atoms with Crippen molar-refractivity contribution in [3.05, 3.63) is 36.4 Å². The molecule has 0 radical (unpaired) electrons. The van der Waals surface area contributed by atoms with Gasteiger partial charge in [-0.3, -0.25) is 14.4 Å². The maximum Gasteiger partial charge on any atom is 0.326 e. The van der Waals surface area contributed by atoms with E-state index in [0.29, 0.717) is 11.4 Å². The monoisotopic (exact) mass is 450 g/mol. The molecule has 4 atom stereocenters. The Morgan fingerprint density at radius 2 is 1.47 bits per heavy atom. The zero-order chi connectivity index (χ0) is 23.7. The minimum atomic E-state index is -1.27. The quantitative estimate of drug-likeness (QED) is 0.162. The molecule has 0 fully saturated rings. The number of aliphatic hydroxyl groups is 1. The van der Waals surface area contributed by atoms with E-state index in [1.807, 2.05) is 0 Å². The first kappa shape index (κ1) is 24.5. The van der Waals surface area contributed by atoms with Crippen LogP contribution in [0.5, 0.6) is 0 Å². The van der Waals surface area contributed by atoms with Gasteiger partial charge >= 0.3 is 5.97 Å². The van der Waals surface area contributed by atoms with Crippen LogP contribution in [0.2, 0.25) is 0 Å². The van der Waals surface area contributed by atoms with E-state index in [9.17, 15) is 24.3 Å². The van der Waals surface area contributed by atoms with Gasteiger partial charge in [-0.05, 0) is 6.92 Å². The molecule has 0 aliphatic heterocycles. The molecule has 0 aliphatic rings. The molecule has 0 aliphatic carbocycles. The van der Waals surface area contributed by atoms with Gasteiger partial charge in [0, 0.05) is 36.6 Å². The number of aromatic nitrogens is 4. The molecule has 2 aromatic rings. The van der Waals surface area contributed by atoms with Crippen molar-refractivity contribution in [2.45, 2.75) is 43.9 Å². The van der Waals surface area contributed by atoms with Crippen molar-refractivity contribution >= 4 is 23.7 Å². The van der Waals surface area contributed by atoms with Gasteiger partial charge in [-0.15, -0.1) is 0 Å². The predicted molar refractivity (Wildman–Crippen MR) is 109 cm³/mol. The van der Waals surface area contributed by atoms with Gasteiger partial charge < -0.3 is 41.9 Å². The summed E-state index contributed by atoms with van der Waals surface area (Å²) < 4.78 is 0. The third kappa shape index (κ3) is 7.17. The van der Waals surface area contributed by atoms with Crippen molar-refractivity contribution in [2.24, 2.45) is 5.73 Å². The number of amides is 3. The number of rotatable bonds is 12. The molecule has 0 spiro atoms. The van der Waals surface area contributed by atoms with E-state index in [1.165, 1.54) is 32.0 Å². The molecule has 2 rings (SSSR count).